The van der Waals surface area contributed by atoms with Crippen molar-refractivity contribution >= 4 is 16.9 Å². The van der Waals surface area contributed by atoms with Gasteiger partial charge in [0.15, 0.2) is 0 Å². The Labute approximate surface area is 151 Å². The van der Waals surface area contributed by atoms with Gasteiger partial charge in [-0.25, -0.2) is 0 Å². The number of furan rings is 1. The van der Waals surface area contributed by atoms with E-state index in [4.69, 9.17) is 9.68 Å². The lowest BCUT2D eigenvalue weighted by molar-refractivity contribution is 0.0930. The molecule has 0 aliphatic carbocycles. The number of hydrogen-bond donors (Lipinski definition) is 2. The normalized spacial score (nSPS) is 14.9. The first kappa shape index (κ1) is 16.4. The standard InChI is InChI=1S/C21H19N3O2/c22-12-14-1-3-15(4-2-14)16-5-6-18-19(13-26-20(18)11-16)21(25)24-17-7-9-23-10-8-17/h1-6,11,13,17,23H,7-10H2,(H,24,25). The highest BCUT2D eigenvalue weighted by molar-refractivity contribution is 6.06. The molecule has 1 aromatic heterocycles. The van der Waals surface area contributed by atoms with Gasteiger partial charge in [-0.2, -0.15) is 5.26 Å². The Hall–Kier alpha value is -3.10. The summed E-state index contributed by atoms with van der Waals surface area (Å²) in [5.74, 6) is -0.0817. The Kier molecular flexibility index (Phi) is 4.42. The first-order valence-electron chi connectivity index (χ1n) is 8.78. The van der Waals surface area contributed by atoms with E-state index in [1.54, 1.807) is 12.1 Å². The van der Waals surface area contributed by atoms with E-state index < -0.39 is 0 Å². The average Bonchev–Trinajstić information content (AvgIpc) is 3.12. The third kappa shape index (κ3) is 3.19. The molecule has 0 radical (unpaired) electrons. The van der Waals surface area contributed by atoms with Crippen molar-refractivity contribution in [1.82, 2.24) is 10.6 Å². The average molecular weight is 345 g/mol. The predicted molar refractivity (Wildman–Crippen MR) is 99.7 cm³/mol. The van der Waals surface area contributed by atoms with E-state index in [1.807, 2.05) is 30.3 Å². The first-order chi connectivity index (χ1) is 12.7. The molecule has 0 saturated carbocycles. The van der Waals surface area contributed by atoms with Crippen molar-refractivity contribution in [2.45, 2.75) is 18.9 Å². The van der Waals surface area contributed by atoms with Gasteiger partial charge in [0.05, 0.1) is 17.2 Å². The molecule has 4 rings (SSSR count). The maximum Gasteiger partial charge on any atom is 0.255 e. The zero-order chi connectivity index (χ0) is 17.9. The molecule has 130 valence electrons. The molecule has 1 fully saturated rings. The number of carbonyl (C=O) groups excluding carboxylic acids is 1. The summed E-state index contributed by atoms with van der Waals surface area (Å²) in [5, 5.41) is 16.1. The summed E-state index contributed by atoms with van der Waals surface area (Å²) in [5.41, 5.74) is 3.88. The molecule has 0 atom stereocenters. The minimum absolute atomic E-state index is 0.0817. The molecule has 0 unspecified atom stereocenters. The Bertz CT molecular complexity index is 977. The molecule has 0 bridgehead atoms. The van der Waals surface area contributed by atoms with E-state index in [1.165, 1.54) is 6.26 Å². The van der Waals surface area contributed by atoms with Crippen LogP contribution < -0.4 is 10.6 Å². The minimum atomic E-state index is -0.0817. The molecular weight excluding hydrogens is 326 g/mol. The number of hydrogen-bond acceptors (Lipinski definition) is 4. The number of amides is 1. The Balaban J connectivity index is 1.58. The van der Waals surface area contributed by atoms with E-state index in [2.05, 4.69) is 16.7 Å². The highest BCUT2D eigenvalue weighted by atomic mass is 16.3. The molecule has 3 aromatic rings. The number of benzene rings is 2. The number of nitrogens with one attached hydrogen (secondary N) is 2. The molecule has 5 nitrogen and oxygen atoms in total. The fourth-order valence-electron chi connectivity index (χ4n) is 3.35. The zero-order valence-corrected chi connectivity index (χ0v) is 14.3. The van der Waals surface area contributed by atoms with E-state index in [0.717, 1.165) is 42.4 Å². The van der Waals surface area contributed by atoms with Crippen molar-refractivity contribution in [3.63, 3.8) is 0 Å². The summed E-state index contributed by atoms with van der Waals surface area (Å²) in [7, 11) is 0. The topological polar surface area (TPSA) is 78.1 Å². The molecule has 1 aliphatic heterocycles. The lowest BCUT2D eigenvalue weighted by Crippen LogP contribution is -2.42. The summed E-state index contributed by atoms with van der Waals surface area (Å²) in [6.07, 6.45) is 3.43. The van der Waals surface area contributed by atoms with E-state index >= 15 is 0 Å². The number of nitrogens with zero attached hydrogens (tertiary/aromatic N) is 1. The van der Waals surface area contributed by atoms with Crippen molar-refractivity contribution in [3.8, 4) is 17.2 Å². The molecule has 2 heterocycles. The highest BCUT2D eigenvalue weighted by Crippen LogP contribution is 2.28. The van der Waals surface area contributed by atoms with Crippen molar-refractivity contribution in [3.05, 3.63) is 59.9 Å². The van der Waals surface area contributed by atoms with Gasteiger partial charge in [0.1, 0.15) is 11.8 Å². The number of piperidine rings is 1. The van der Waals surface area contributed by atoms with Crippen LogP contribution in [0.2, 0.25) is 0 Å². The first-order valence-corrected chi connectivity index (χ1v) is 8.78. The van der Waals surface area contributed by atoms with Gasteiger partial charge < -0.3 is 15.1 Å². The van der Waals surface area contributed by atoms with Gasteiger partial charge in [-0.05, 0) is 61.3 Å². The molecule has 5 heteroatoms. The smallest absolute Gasteiger partial charge is 0.255 e. The van der Waals surface area contributed by atoms with Gasteiger partial charge in [0.2, 0.25) is 0 Å². The summed E-state index contributed by atoms with van der Waals surface area (Å²) in [6.45, 7) is 1.87. The second-order valence-corrected chi connectivity index (χ2v) is 6.55. The van der Waals surface area contributed by atoms with Crippen LogP contribution in [0.3, 0.4) is 0 Å². The second kappa shape index (κ2) is 7.03. The SMILES string of the molecule is N#Cc1ccc(-c2ccc3c(C(=O)NC4CCNCC4)coc3c2)cc1. The van der Waals surface area contributed by atoms with Gasteiger partial charge in [0.25, 0.3) is 5.91 Å². The van der Waals surface area contributed by atoms with Crippen LogP contribution in [-0.4, -0.2) is 25.0 Å². The summed E-state index contributed by atoms with van der Waals surface area (Å²) < 4.78 is 5.64. The largest absolute Gasteiger partial charge is 0.463 e. The molecule has 2 aromatic carbocycles. The molecule has 1 aliphatic rings. The quantitative estimate of drug-likeness (QED) is 0.762. The molecule has 26 heavy (non-hydrogen) atoms. The Morgan fingerprint density at radius 2 is 1.85 bits per heavy atom. The number of nitriles is 1. The van der Waals surface area contributed by atoms with Crippen molar-refractivity contribution in [2.24, 2.45) is 0 Å². The van der Waals surface area contributed by atoms with Gasteiger partial charge in [-0.3, -0.25) is 4.79 Å². The number of carbonyl (C=O) groups is 1. The maximum atomic E-state index is 12.6. The molecule has 2 N–H and O–H groups in total. The third-order valence-electron chi connectivity index (χ3n) is 4.84. The predicted octanol–water partition coefficient (Wildman–Crippen LogP) is 3.45. The molecule has 0 spiro atoms. The van der Waals surface area contributed by atoms with Crippen LogP contribution in [-0.2, 0) is 0 Å². The Morgan fingerprint density at radius 3 is 2.58 bits per heavy atom. The van der Waals surface area contributed by atoms with Gasteiger partial charge in [-0.15, -0.1) is 0 Å². The summed E-state index contributed by atoms with van der Waals surface area (Å²) in [4.78, 5) is 12.6. The lowest BCUT2D eigenvalue weighted by atomic mass is 10.0. The third-order valence-corrected chi connectivity index (χ3v) is 4.84. The van der Waals surface area contributed by atoms with E-state index in [9.17, 15) is 4.79 Å². The molecular formula is C21H19N3O2. The summed E-state index contributed by atoms with van der Waals surface area (Å²) >= 11 is 0. The Morgan fingerprint density at radius 1 is 1.12 bits per heavy atom. The van der Waals surface area contributed by atoms with Crippen molar-refractivity contribution in [2.75, 3.05) is 13.1 Å². The van der Waals surface area contributed by atoms with Crippen LogP contribution in [0.1, 0.15) is 28.8 Å². The lowest BCUT2D eigenvalue weighted by Gasteiger charge is -2.23. The minimum Gasteiger partial charge on any atom is -0.463 e. The van der Waals surface area contributed by atoms with Gasteiger partial charge in [0, 0.05) is 11.4 Å². The van der Waals surface area contributed by atoms with Crippen molar-refractivity contribution < 1.29 is 9.21 Å². The number of rotatable bonds is 3. The van der Waals surface area contributed by atoms with E-state index in [-0.39, 0.29) is 11.9 Å². The van der Waals surface area contributed by atoms with Crippen LogP contribution in [0.5, 0.6) is 0 Å². The monoisotopic (exact) mass is 345 g/mol. The van der Waals surface area contributed by atoms with Crippen LogP contribution in [0.25, 0.3) is 22.1 Å². The van der Waals surface area contributed by atoms with Crippen molar-refractivity contribution in [1.29, 1.82) is 5.26 Å². The molecule has 1 saturated heterocycles. The maximum absolute atomic E-state index is 12.6. The van der Waals surface area contributed by atoms with Crippen LogP contribution in [0.15, 0.2) is 53.1 Å². The number of fused-ring (bicyclic) bond motifs is 1. The fraction of sp³-hybridized carbons (Fsp3) is 0.238. The van der Waals surface area contributed by atoms with Crippen LogP contribution in [0.4, 0.5) is 0 Å². The second-order valence-electron chi connectivity index (χ2n) is 6.55. The van der Waals surface area contributed by atoms with E-state index in [0.29, 0.717) is 16.7 Å². The van der Waals surface area contributed by atoms with Crippen LogP contribution in [0, 0.1) is 11.3 Å². The summed E-state index contributed by atoms with van der Waals surface area (Å²) in [6, 6.07) is 15.6. The van der Waals surface area contributed by atoms with Gasteiger partial charge in [-0.1, -0.05) is 18.2 Å². The van der Waals surface area contributed by atoms with Gasteiger partial charge >= 0.3 is 0 Å². The van der Waals surface area contributed by atoms with Crippen LogP contribution >= 0.6 is 0 Å². The highest BCUT2D eigenvalue weighted by Gasteiger charge is 2.19. The molecule has 1 amide bonds. The fourth-order valence-corrected chi connectivity index (χ4v) is 3.35. The zero-order valence-electron chi connectivity index (χ0n) is 14.3.